The molecule has 0 saturated heterocycles. The zero-order valence-electron chi connectivity index (χ0n) is 9.86. The van der Waals surface area contributed by atoms with Crippen LogP contribution in [0.2, 0.25) is 0 Å². The lowest BCUT2D eigenvalue weighted by Gasteiger charge is -2.11. The molecule has 1 rings (SSSR count). The zero-order chi connectivity index (χ0) is 12.0. The highest BCUT2D eigenvalue weighted by molar-refractivity contribution is 5.81. The molecule has 88 valence electrons. The Bertz CT molecular complexity index is 352. The van der Waals surface area contributed by atoms with E-state index in [-0.39, 0.29) is 5.91 Å². The number of rotatable bonds is 5. The van der Waals surface area contributed by atoms with Crippen LogP contribution in [0.25, 0.3) is 0 Å². The van der Waals surface area contributed by atoms with Crippen molar-refractivity contribution in [2.24, 2.45) is 5.73 Å². The standard InChI is InChI=1S/C12H19N3O/c1-3-9-6-5-7-14-11(9)8-15-12(16)10(13)4-2/h5-7,10H,3-4,8,13H2,1-2H3,(H,15,16)/t10-/m0/s1. The summed E-state index contributed by atoms with van der Waals surface area (Å²) in [5, 5.41) is 2.80. The van der Waals surface area contributed by atoms with Crippen LogP contribution in [0.15, 0.2) is 18.3 Å². The zero-order valence-corrected chi connectivity index (χ0v) is 9.86. The first-order valence-corrected chi connectivity index (χ1v) is 5.65. The van der Waals surface area contributed by atoms with E-state index in [0.717, 1.165) is 17.7 Å². The maximum Gasteiger partial charge on any atom is 0.237 e. The smallest absolute Gasteiger partial charge is 0.237 e. The fraction of sp³-hybridized carbons (Fsp3) is 0.500. The second-order valence-electron chi connectivity index (χ2n) is 3.70. The van der Waals surface area contributed by atoms with Crippen LogP contribution in [-0.4, -0.2) is 16.9 Å². The molecule has 0 fully saturated rings. The molecule has 0 aromatic carbocycles. The van der Waals surface area contributed by atoms with Crippen molar-refractivity contribution in [1.82, 2.24) is 10.3 Å². The van der Waals surface area contributed by atoms with E-state index in [0.29, 0.717) is 13.0 Å². The number of hydrogen-bond acceptors (Lipinski definition) is 3. The number of carbonyl (C=O) groups is 1. The van der Waals surface area contributed by atoms with Gasteiger partial charge in [0.15, 0.2) is 0 Å². The first-order chi connectivity index (χ1) is 7.69. The molecule has 0 aliphatic heterocycles. The van der Waals surface area contributed by atoms with Gasteiger partial charge in [-0.05, 0) is 24.5 Å². The number of aryl methyl sites for hydroxylation is 1. The van der Waals surface area contributed by atoms with Gasteiger partial charge in [0.2, 0.25) is 5.91 Å². The minimum absolute atomic E-state index is 0.116. The summed E-state index contributed by atoms with van der Waals surface area (Å²) in [6, 6.07) is 3.50. The number of nitrogens with one attached hydrogen (secondary N) is 1. The van der Waals surface area contributed by atoms with Gasteiger partial charge in [-0.25, -0.2) is 0 Å². The summed E-state index contributed by atoms with van der Waals surface area (Å²) in [4.78, 5) is 15.7. The van der Waals surface area contributed by atoms with Crippen LogP contribution < -0.4 is 11.1 Å². The highest BCUT2D eigenvalue weighted by Crippen LogP contribution is 2.05. The van der Waals surface area contributed by atoms with Gasteiger partial charge in [-0.2, -0.15) is 0 Å². The van der Waals surface area contributed by atoms with E-state index in [2.05, 4.69) is 17.2 Å². The van der Waals surface area contributed by atoms with Crippen molar-refractivity contribution in [2.45, 2.75) is 39.3 Å². The van der Waals surface area contributed by atoms with Gasteiger partial charge in [-0.3, -0.25) is 9.78 Å². The Morgan fingerprint density at radius 1 is 1.56 bits per heavy atom. The van der Waals surface area contributed by atoms with Crippen molar-refractivity contribution in [2.75, 3.05) is 0 Å². The molecular weight excluding hydrogens is 202 g/mol. The minimum Gasteiger partial charge on any atom is -0.349 e. The molecule has 4 nitrogen and oxygen atoms in total. The molecule has 0 radical (unpaired) electrons. The van der Waals surface area contributed by atoms with Crippen LogP contribution in [0, 0.1) is 0 Å². The summed E-state index contributed by atoms with van der Waals surface area (Å²) >= 11 is 0. The third kappa shape index (κ3) is 3.31. The molecule has 16 heavy (non-hydrogen) atoms. The molecule has 0 aliphatic rings. The number of hydrogen-bond donors (Lipinski definition) is 2. The molecule has 3 N–H and O–H groups in total. The average molecular weight is 221 g/mol. The second-order valence-corrected chi connectivity index (χ2v) is 3.70. The van der Waals surface area contributed by atoms with Crippen molar-refractivity contribution in [3.8, 4) is 0 Å². The summed E-state index contributed by atoms with van der Waals surface area (Å²) in [5.41, 5.74) is 7.70. The van der Waals surface area contributed by atoms with Crippen LogP contribution in [0.1, 0.15) is 31.5 Å². The van der Waals surface area contributed by atoms with Crippen molar-refractivity contribution < 1.29 is 4.79 Å². The fourth-order valence-electron chi connectivity index (χ4n) is 1.44. The van der Waals surface area contributed by atoms with Gasteiger partial charge in [-0.1, -0.05) is 19.9 Å². The van der Waals surface area contributed by atoms with Crippen molar-refractivity contribution in [3.05, 3.63) is 29.6 Å². The van der Waals surface area contributed by atoms with Gasteiger partial charge in [-0.15, -0.1) is 0 Å². The number of nitrogens with two attached hydrogens (primary N) is 1. The van der Waals surface area contributed by atoms with E-state index in [1.54, 1.807) is 6.20 Å². The van der Waals surface area contributed by atoms with E-state index in [9.17, 15) is 4.79 Å². The van der Waals surface area contributed by atoms with E-state index in [1.807, 2.05) is 19.1 Å². The second kappa shape index (κ2) is 6.23. The summed E-state index contributed by atoms with van der Waals surface area (Å²) < 4.78 is 0. The van der Waals surface area contributed by atoms with Crippen LogP contribution >= 0.6 is 0 Å². The van der Waals surface area contributed by atoms with Crippen molar-refractivity contribution in [1.29, 1.82) is 0 Å². The Morgan fingerprint density at radius 3 is 2.94 bits per heavy atom. The number of aromatic nitrogens is 1. The minimum atomic E-state index is -0.422. The monoisotopic (exact) mass is 221 g/mol. The molecule has 1 amide bonds. The number of carbonyl (C=O) groups excluding carboxylic acids is 1. The molecule has 0 aliphatic carbocycles. The summed E-state index contributed by atoms with van der Waals surface area (Å²) in [7, 11) is 0. The predicted octanol–water partition coefficient (Wildman–Crippen LogP) is 0.997. The number of amides is 1. The van der Waals surface area contributed by atoms with Gasteiger partial charge >= 0.3 is 0 Å². The topological polar surface area (TPSA) is 68.0 Å². The predicted molar refractivity (Wildman–Crippen MR) is 63.7 cm³/mol. The number of pyridine rings is 1. The molecule has 1 atom stereocenters. The summed E-state index contributed by atoms with van der Waals surface area (Å²) in [6.07, 6.45) is 3.30. The van der Waals surface area contributed by atoms with E-state index < -0.39 is 6.04 Å². The van der Waals surface area contributed by atoms with E-state index in [4.69, 9.17) is 5.73 Å². The maximum atomic E-state index is 11.5. The molecular formula is C12H19N3O. The summed E-state index contributed by atoms with van der Waals surface area (Å²) in [6.45, 7) is 4.42. The maximum absolute atomic E-state index is 11.5. The Balaban J connectivity index is 2.57. The highest BCUT2D eigenvalue weighted by Gasteiger charge is 2.11. The largest absolute Gasteiger partial charge is 0.349 e. The Hall–Kier alpha value is -1.42. The average Bonchev–Trinajstić information content (AvgIpc) is 2.35. The molecule has 0 saturated carbocycles. The molecule has 1 aromatic rings. The molecule has 1 heterocycles. The lowest BCUT2D eigenvalue weighted by atomic mass is 10.1. The van der Waals surface area contributed by atoms with E-state index >= 15 is 0 Å². The first kappa shape index (κ1) is 12.6. The molecule has 1 aromatic heterocycles. The Labute approximate surface area is 96.3 Å². The lowest BCUT2D eigenvalue weighted by molar-refractivity contribution is -0.122. The van der Waals surface area contributed by atoms with Crippen LogP contribution in [0.4, 0.5) is 0 Å². The molecule has 0 spiro atoms. The van der Waals surface area contributed by atoms with Gasteiger partial charge < -0.3 is 11.1 Å². The van der Waals surface area contributed by atoms with Gasteiger partial charge in [0.25, 0.3) is 0 Å². The van der Waals surface area contributed by atoms with Gasteiger partial charge in [0.1, 0.15) is 0 Å². The Morgan fingerprint density at radius 2 is 2.31 bits per heavy atom. The van der Waals surface area contributed by atoms with Gasteiger partial charge in [0, 0.05) is 6.20 Å². The fourth-order valence-corrected chi connectivity index (χ4v) is 1.44. The first-order valence-electron chi connectivity index (χ1n) is 5.65. The quantitative estimate of drug-likeness (QED) is 0.779. The summed E-state index contributed by atoms with van der Waals surface area (Å²) in [5.74, 6) is -0.116. The molecule has 0 bridgehead atoms. The molecule has 4 heteroatoms. The van der Waals surface area contributed by atoms with Crippen molar-refractivity contribution >= 4 is 5.91 Å². The lowest BCUT2D eigenvalue weighted by Crippen LogP contribution is -2.39. The third-order valence-corrected chi connectivity index (χ3v) is 2.57. The molecule has 0 unspecified atom stereocenters. The number of nitrogens with zero attached hydrogens (tertiary/aromatic N) is 1. The van der Waals surface area contributed by atoms with Gasteiger partial charge in [0.05, 0.1) is 18.3 Å². The van der Waals surface area contributed by atoms with Crippen LogP contribution in [0.5, 0.6) is 0 Å². The highest BCUT2D eigenvalue weighted by atomic mass is 16.2. The van der Waals surface area contributed by atoms with E-state index in [1.165, 1.54) is 0 Å². The Kier molecular flexibility index (Phi) is 4.92. The normalized spacial score (nSPS) is 12.2. The van der Waals surface area contributed by atoms with Crippen molar-refractivity contribution in [3.63, 3.8) is 0 Å². The third-order valence-electron chi connectivity index (χ3n) is 2.57. The van der Waals surface area contributed by atoms with Crippen LogP contribution in [0.3, 0.4) is 0 Å². The van der Waals surface area contributed by atoms with Crippen LogP contribution in [-0.2, 0) is 17.8 Å². The SMILES string of the molecule is CCc1cccnc1CNC(=O)[C@@H](N)CC.